The lowest BCUT2D eigenvalue weighted by Crippen LogP contribution is -2.60. The number of nitrogens with one attached hydrogen (secondary N) is 1. The average molecular weight is 270 g/mol. The van der Waals surface area contributed by atoms with Crippen LogP contribution in [0.15, 0.2) is 0 Å². The van der Waals surface area contributed by atoms with Gasteiger partial charge in [-0.25, -0.2) is 0 Å². The lowest BCUT2D eigenvalue weighted by atomic mass is 9.84. The first-order valence-electron chi connectivity index (χ1n) is 7.28. The summed E-state index contributed by atoms with van der Waals surface area (Å²) in [7, 11) is 1.63. The predicted octanol–water partition coefficient (Wildman–Crippen LogP) is 0.518. The number of nitrogens with zero attached hydrogens (tertiary/aromatic N) is 1. The molecule has 5 nitrogen and oxygen atoms in total. The van der Waals surface area contributed by atoms with Crippen molar-refractivity contribution in [1.82, 2.24) is 10.2 Å². The summed E-state index contributed by atoms with van der Waals surface area (Å²) in [5.41, 5.74) is -1.36. The zero-order valence-corrected chi connectivity index (χ0v) is 12.1. The van der Waals surface area contributed by atoms with Crippen molar-refractivity contribution in [3.63, 3.8) is 0 Å². The molecular weight excluding hydrogens is 244 g/mol. The fourth-order valence-corrected chi connectivity index (χ4v) is 3.27. The van der Waals surface area contributed by atoms with Crippen LogP contribution in [0.4, 0.5) is 0 Å². The Kier molecular flexibility index (Phi) is 4.48. The first kappa shape index (κ1) is 14.8. The fraction of sp³-hybridized carbons (Fsp3) is 0.929. The minimum Gasteiger partial charge on any atom is -0.389 e. The number of rotatable bonds is 3. The van der Waals surface area contributed by atoms with E-state index in [1.165, 1.54) is 6.42 Å². The van der Waals surface area contributed by atoms with Gasteiger partial charge < -0.3 is 15.2 Å². The molecule has 0 aromatic carbocycles. The maximum Gasteiger partial charge on any atom is 0.253 e. The Morgan fingerprint density at radius 1 is 1.37 bits per heavy atom. The van der Waals surface area contributed by atoms with Gasteiger partial charge in [0.25, 0.3) is 5.91 Å². The van der Waals surface area contributed by atoms with Crippen LogP contribution in [-0.4, -0.2) is 60.4 Å². The van der Waals surface area contributed by atoms with E-state index >= 15 is 0 Å². The van der Waals surface area contributed by atoms with Crippen LogP contribution in [-0.2, 0) is 9.53 Å². The van der Waals surface area contributed by atoms with E-state index in [2.05, 4.69) is 10.2 Å². The van der Waals surface area contributed by atoms with E-state index in [1.807, 2.05) is 6.92 Å². The quantitative estimate of drug-likeness (QED) is 0.785. The Bertz CT molecular complexity index is 329. The summed E-state index contributed by atoms with van der Waals surface area (Å²) in [6.07, 6.45) is 5.19. The predicted molar refractivity (Wildman–Crippen MR) is 72.9 cm³/mol. The first-order valence-corrected chi connectivity index (χ1v) is 7.28. The van der Waals surface area contributed by atoms with Crippen molar-refractivity contribution in [3.05, 3.63) is 0 Å². The molecule has 0 spiro atoms. The van der Waals surface area contributed by atoms with E-state index in [0.717, 1.165) is 32.2 Å². The molecule has 2 N–H and O–H groups in total. The van der Waals surface area contributed by atoms with Crippen molar-refractivity contribution >= 4 is 5.91 Å². The highest BCUT2D eigenvalue weighted by Crippen LogP contribution is 2.30. The van der Waals surface area contributed by atoms with Crippen LogP contribution < -0.4 is 5.32 Å². The molecule has 110 valence electrons. The van der Waals surface area contributed by atoms with Crippen LogP contribution in [0.3, 0.4) is 0 Å². The summed E-state index contributed by atoms with van der Waals surface area (Å²) in [5, 5.41) is 13.3. The molecular formula is C14H26N2O3. The second-order valence-corrected chi connectivity index (χ2v) is 6.15. The summed E-state index contributed by atoms with van der Waals surface area (Å²) >= 11 is 0. The SMILES string of the molecule is CNC(=O)[C@]1(C)CN(CC2(O)CCCCC2)CCO1. The fourth-order valence-electron chi connectivity index (χ4n) is 3.27. The highest BCUT2D eigenvalue weighted by Gasteiger charge is 2.41. The first-order chi connectivity index (χ1) is 8.97. The van der Waals surface area contributed by atoms with Gasteiger partial charge in [0, 0.05) is 26.7 Å². The molecule has 1 heterocycles. The molecule has 1 aliphatic carbocycles. The van der Waals surface area contributed by atoms with E-state index in [4.69, 9.17) is 4.74 Å². The Morgan fingerprint density at radius 2 is 2.05 bits per heavy atom. The molecule has 1 aliphatic heterocycles. The largest absolute Gasteiger partial charge is 0.389 e. The number of carbonyl (C=O) groups is 1. The van der Waals surface area contributed by atoms with E-state index in [1.54, 1.807) is 7.05 Å². The molecule has 0 radical (unpaired) electrons. The number of amides is 1. The minimum absolute atomic E-state index is 0.0900. The number of morpholine rings is 1. The molecule has 0 unspecified atom stereocenters. The van der Waals surface area contributed by atoms with Gasteiger partial charge in [-0.1, -0.05) is 19.3 Å². The van der Waals surface area contributed by atoms with E-state index in [-0.39, 0.29) is 5.91 Å². The van der Waals surface area contributed by atoms with Gasteiger partial charge in [0.2, 0.25) is 0 Å². The topological polar surface area (TPSA) is 61.8 Å². The third-order valence-corrected chi connectivity index (χ3v) is 4.36. The molecule has 1 saturated heterocycles. The maximum absolute atomic E-state index is 11.9. The number of hydrogen-bond donors (Lipinski definition) is 2. The molecule has 1 atom stereocenters. The van der Waals surface area contributed by atoms with Crippen LogP contribution in [0, 0.1) is 0 Å². The van der Waals surface area contributed by atoms with Gasteiger partial charge in [-0.3, -0.25) is 9.69 Å². The number of hydrogen-bond acceptors (Lipinski definition) is 4. The van der Waals surface area contributed by atoms with Gasteiger partial charge in [-0.05, 0) is 19.8 Å². The molecule has 0 aromatic heterocycles. The van der Waals surface area contributed by atoms with Crippen LogP contribution in [0.5, 0.6) is 0 Å². The number of aliphatic hydroxyl groups is 1. The molecule has 1 saturated carbocycles. The van der Waals surface area contributed by atoms with Crippen molar-refractivity contribution in [2.24, 2.45) is 0 Å². The molecule has 5 heteroatoms. The van der Waals surface area contributed by atoms with Crippen LogP contribution in [0.1, 0.15) is 39.0 Å². The van der Waals surface area contributed by atoms with Crippen molar-refractivity contribution in [2.75, 3.05) is 33.3 Å². The molecule has 1 amide bonds. The Morgan fingerprint density at radius 3 is 2.68 bits per heavy atom. The molecule has 2 rings (SSSR count). The molecule has 0 aromatic rings. The molecule has 2 aliphatic rings. The van der Waals surface area contributed by atoms with Crippen molar-refractivity contribution < 1.29 is 14.6 Å². The molecule has 0 bridgehead atoms. The Hall–Kier alpha value is -0.650. The normalized spacial score (nSPS) is 31.9. The number of likely N-dealkylation sites (N-methyl/N-ethyl adjacent to an activating group) is 1. The van der Waals surface area contributed by atoms with E-state index in [0.29, 0.717) is 19.7 Å². The standard InChI is InChI=1S/C14H26N2O3/c1-13(12(17)15-2)10-16(8-9-19-13)11-14(18)6-4-3-5-7-14/h18H,3-11H2,1-2H3,(H,15,17)/t13-/m0/s1. The highest BCUT2D eigenvalue weighted by atomic mass is 16.5. The summed E-state index contributed by atoms with van der Waals surface area (Å²) in [5.74, 6) is -0.0900. The number of ether oxygens (including phenoxy) is 1. The van der Waals surface area contributed by atoms with E-state index < -0.39 is 11.2 Å². The number of β-amino-alcohol motifs (C(OH)–C–C–N with tert-alkyl or cyclic N) is 1. The Labute approximate surface area is 115 Å². The van der Waals surface area contributed by atoms with Crippen molar-refractivity contribution in [2.45, 2.75) is 50.2 Å². The van der Waals surface area contributed by atoms with Gasteiger partial charge >= 0.3 is 0 Å². The van der Waals surface area contributed by atoms with E-state index in [9.17, 15) is 9.90 Å². The van der Waals surface area contributed by atoms with Gasteiger partial charge in [0.1, 0.15) is 0 Å². The van der Waals surface area contributed by atoms with Gasteiger partial charge in [0.15, 0.2) is 5.60 Å². The average Bonchev–Trinajstić information content (AvgIpc) is 2.38. The minimum atomic E-state index is -0.794. The second-order valence-electron chi connectivity index (χ2n) is 6.15. The summed E-state index contributed by atoms with van der Waals surface area (Å²) in [6, 6.07) is 0. The zero-order valence-electron chi connectivity index (χ0n) is 12.1. The lowest BCUT2D eigenvalue weighted by Gasteiger charge is -2.43. The van der Waals surface area contributed by atoms with Crippen LogP contribution >= 0.6 is 0 Å². The third-order valence-electron chi connectivity index (χ3n) is 4.36. The summed E-state index contributed by atoms with van der Waals surface area (Å²) < 4.78 is 5.64. The number of carbonyl (C=O) groups excluding carboxylic acids is 1. The lowest BCUT2D eigenvalue weighted by molar-refractivity contribution is -0.160. The monoisotopic (exact) mass is 270 g/mol. The Balaban J connectivity index is 1.95. The van der Waals surface area contributed by atoms with Gasteiger partial charge in [-0.2, -0.15) is 0 Å². The van der Waals surface area contributed by atoms with Crippen LogP contribution in [0.25, 0.3) is 0 Å². The third kappa shape index (κ3) is 3.46. The van der Waals surface area contributed by atoms with Gasteiger partial charge in [-0.15, -0.1) is 0 Å². The maximum atomic E-state index is 11.9. The van der Waals surface area contributed by atoms with Crippen molar-refractivity contribution in [1.29, 1.82) is 0 Å². The summed E-state index contributed by atoms with van der Waals surface area (Å²) in [4.78, 5) is 14.1. The highest BCUT2D eigenvalue weighted by molar-refractivity contribution is 5.84. The van der Waals surface area contributed by atoms with Crippen molar-refractivity contribution in [3.8, 4) is 0 Å². The molecule has 19 heavy (non-hydrogen) atoms. The smallest absolute Gasteiger partial charge is 0.253 e. The van der Waals surface area contributed by atoms with Gasteiger partial charge in [0.05, 0.1) is 12.2 Å². The second kappa shape index (κ2) is 5.77. The summed E-state index contributed by atoms with van der Waals surface area (Å²) in [6.45, 7) is 4.36. The zero-order chi connectivity index (χ0) is 13.9. The molecule has 2 fully saturated rings. The van der Waals surface area contributed by atoms with Crippen LogP contribution in [0.2, 0.25) is 0 Å².